The van der Waals surface area contributed by atoms with Crippen molar-refractivity contribution in [3.63, 3.8) is 0 Å². The fourth-order valence-corrected chi connectivity index (χ4v) is 4.52. The molecule has 1 aromatic carbocycles. The molecule has 2 rings (SSSR count). The SMILES string of the molecule is C=CCOc1ccc(SCC2CN(C(=O)OCC)CCS2)cc1. The molecule has 4 nitrogen and oxygen atoms in total. The van der Waals surface area contributed by atoms with Gasteiger partial charge in [0.05, 0.1) is 6.61 Å². The molecule has 1 fully saturated rings. The van der Waals surface area contributed by atoms with Gasteiger partial charge in [-0.25, -0.2) is 4.79 Å². The van der Waals surface area contributed by atoms with E-state index >= 15 is 0 Å². The lowest BCUT2D eigenvalue weighted by atomic mass is 10.3. The van der Waals surface area contributed by atoms with Crippen molar-refractivity contribution in [2.45, 2.75) is 17.1 Å². The third kappa shape index (κ3) is 6.03. The number of nitrogens with zero attached hydrogens (tertiary/aromatic N) is 1. The zero-order chi connectivity index (χ0) is 16.5. The Hall–Kier alpha value is -1.27. The standard InChI is InChI=1S/C17H23NO3S2/c1-3-10-21-14-5-7-15(8-6-14)23-13-16-12-18(9-11-22-16)17(19)20-4-2/h3,5-8,16H,1,4,9-13H2,2H3. The third-order valence-electron chi connectivity index (χ3n) is 3.29. The van der Waals surface area contributed by atoms with E-state index in [1.807, 2.05) is 47.5 Å². The van der Waals surface area contributed by atoms with E-state index in [1.165, 1.54) is 4.90 Å². The average molecular weight is 354 g/mol. The average Bonchev–Trinajstić information content (AvgIpc) is 2.59. The van der Waals surface area contributed by atoms with Crippen LogP contribution in [-0.4, -0.2) is 54.1 Å². The van der Waals surface area contributed by atoms with E-state index in [1.54, 1.807) is 6.08 Å². The zero-order valence-electron chi connectivity index (χ0n) is 13.4. The van der Waals surface area contributed by atoms with Gasteiger partial charge in [0.1, 0.15) is 12.4 Å². The number of rotatable bonds is 7. The van der Waals surface area contributed by atoms with Crippen molar-refractivity contribution in [1.82, 2.24) is 4.90 Å². The zero-order valence-corrected chi connectivity index (χ0v) is 15.0. The Morgan fingerprint density at radius 1 is 1.48 bits per heavy atom. The summed E-state index contributed by atoms with van der Waals surface area (Å²) < 4.78 is 10.6. The molecular formula is C17H23NO3S2. The second kappa shape index (κ2) is 9.78. The van der Waals surface area contributed by atoms with E-state index in [9.17, 15) is 4.79 Å². The summed E-state index contributed by atoms with van der Waals surface area (Å²) in [4.78, 5) is 14.8. The van der Waals surface area contributed by atoms with Crippen LogP contribution in [-0.2, 0) is 4.74 Å². The highest BCUT2D eigenvalue weighted by Gasteiger charge is 2.24. The molecule has 0 N–H and O–H groups in total. The molecule has 0 aromatic heterocycles. The Balaban J connectivity index is 1.78. The minimum atomic E-state index is -0.188. The van der Waals surface area contributed by atoms with Crippen molar-refractivity contribution in [2.75, 3.05) is 37.8 Å². The van der Waals surface area contributed by atoms with Gasteiger partial charge in [0.25, 0.3) is 0 Å². The first kappa shape index (κ1) is 18.1. The van der Waals surface area contributed by atoms with Crippen molar-refractivity contribution in [2.24, 2.45) is 0 Å². The number of thioether (sulfide) groups is 2. The molecule has 1 aromatic rings. The summed E-state index contributed by atoms with van der Waals surface area (Å²) in [5, 5.41) is 0.440. The van der Waals surface area contributed by atoms with E-state index in [2.05, 4.69) is 18.7 Å². The number of carbonyl (C=O) groups is 1. The second-order valence-corrected chi connectivity index (χ2v) is 7.52. The van der Waals surface area contributed by atoms with Crippen LogP contribution in [0.25, 0.3) is 0 Å². The van der Waals surface area contributed by atoms with Crippen LogP contribution in [0.2, 0.25) is 0 Å². The molecular weight excluding hydrogens is 330 g/mol. The third-order valence-corrected chi connectivity index (χ3v) is 5.88. The van der Waals surface area contributed by atoms with E-state index < -0.39 is 0 Å². The molecule has 23 heavy (non-hydrogen) atoms. The predicted molar refractivity (Wildman–Crippen MR) is 97.7 cm³/mol. The van der Waals surface area contributed by atoms with Crippen molar-refractivity contribution in [3.05, 3.63) is 36.9 Å². The Labute approximate surface area is 146 Å². The molecule has 1 amide bonds. The monoisotopic (exact) mass is 353 g/mol. The molecule has 0 radical (unpaired) electrons. The number of benzene rings is 1. The first-order valence-corrected chi connectivity index (χ1v) is 9.76. The van der Waals surface area contributed by atoms with Gasteiger partial charge in [0.2, 0.25) is 0 Å². The van der Waals surface area contributed by atoms with Gasteiger partial charge < -0.3 is 14.4 Å². The highest BCUT2D eigenvalue weighted by atomic mass is 32.2. The molecule has 1 atom stereocenters. The molecule has 126 valence electrons. The maximum Gasteiger partial charge on any atom is 0.409 e. The van der Waals surface area contributed by atoms with Gasteiger partial charge in [-0.15, -0.1) is 11.8 Å². The topological polar surface area (TPSA) is 38.8 Å². The van der Waals surface area contributed by atoms with E-state index in [0.717, 1.165) is 30.3 Å². The Morgan fingerprint density at radius 2 is 2.26 bits per heavy atom. The number of amides is 1. The molecule has 1 heterocycles. The number of carbonyl (C=O) groups excluding carboxylic acids is 1. The molecule has 1 aliphatic heterocycles. The lowest BCUT2D eigenvalue weighted by Gasteiger charge is -2.31. The molecule has 1 saturated heterocycles. The summed E-state index contributed by atoms with van der Waals surface area (Å²) in [7, 11) is 0. The molecule has 0 bridgehead atoms. The van der Waals surface area contributed by atoms with Gasteiger partial charge in [-0.05, 0) is 31.2 Å². The highest BCUT2D eigenvalue weighted by molar-refractivity contribution is 8.03. The molecule has 0 saturated carbocycles. The van der Waals surface area contributed by atoms with E-state index in [-0.39, 0.29) is 6.09 Å². The molecule has 1 unspecified atom stereocenters. The predicted octanol–water partition coefficient (Wildman–Crippen LogP) is 3.92. The first-order chi connectivity index (χ1) is 11.2. The van der Waals surface area contributed by atoms with Gasteiger partial charge >= 0.3 is 6.09 Å². The fourth-order valence-electron chi connectivity index (χ4n) is 2.18. The number of hydrogen-bond donors (Lipinski definition) is 0. The van der Waals surface area contributed by atoms with E-state index in [4.69, 9.17) is 9.47 Å². The van der Waals surface area contributed by atoms with Crippen LogP contribution in [0.15, 0.2) is 41.8 Å². The minimum Gasteiger partial charge on any atom is -0.490 e. The maximum atomic E-state index is 11.8. The summed E-state index contributed by atoms with van der Waals surface area (Å²) >= 11 is 3.74. The van der Waals surface area contributed by atoms with Crippen molar-refractivity contribution in [3.8, 4) is 5.75 Å². The lowest BCUT2D eigenvalue weighted by molar-refractivity contribution is 0.109. The summed E-state index contributed by atoms with van der Waals surface area (Å²) in [6, 6.07) is 8.09. The highest BCUT2D eigenvalue weighted by Crippen LogP contribution is 2.28. The van der Waals surface area contributed by atoms with Crippen LogP contribution in [0.1, 0.15) is 6.92 Å². The van der Waals surface area contributed by atoms with Gasteiger partial charge in [-0.2, -0.15) is 11.8 Å². The molecule has 0 spiro atoms. The van der Waals surface area contributed by atoms with Crippen LogP contribution in [0.5, 0.6) is 5.75 Å². The minimum absolute atomic E-state index is 0.188. The smallest absolute Gasteiger partial charge is 0.409 e. The van der Waals surface area contributed by atoms with Crippen LogP contribution < -0.4 is 4.74 Å². The van der Waals surface area contributed by atoms with Crippen molar-refractivity contribution < 1.29 is 14.3 Å². The Morgan fingerprint density at radius 3 is 2.96 bits per heavy atom. The van der Waals surface area contributed by atoms with Crippen LogP contribution >= 0.6 is 23.5 Å². The Bertz CT molecular complexity index is 507. The summed E-state index contributed by atoms with van der Waals surface area (Å²) in [6.07, 6.45) is 1.55. The van der Waals surface area contributed by atoms with Crippen LogP contribution in [0.3, 0.4) is 0 Å². The van der Waals surface area contributed by atoms with Crippen LogP contribution in [0.4, 0.5) is 4.79 Å². The number of hydrogen-bond acceptors (Lipinski definition) is 5. The largest absolute Gasteiger partial charge is 0.490 e. The van der Waals surface area contributed by atoms with Crippen LogP contribution in [0, 0.1) is 0 Å². The number of ether oxygens (including phenoxy) is 2. The normalized spacial score (nSPS) is 17.6. The molecule has 0 aliphatic carbocycles. The van der Waals surface area contributed by atoms with Crippen molar-refractivity contribution >= 4 is 29.6 Å². The summed E-state index contributed by atoms with van der Waals surface area (Å²) in [5.74, 6) is 2.81. The van der Waals surface area contributed by atoms with E-state index in [0.29, 0.717) is 18.5 Å². The lowest BCUT2D eigenvalue weighted by Crippen LogP contribution is -2.43. The van der Waals surface area contributed by atoms with Gasteiger partial charge in [-0.3, -0.25) is 0 Å². The maximum absolute atomic E-state index is 11.8. The molecule has 6 heteroatoms. The summed E-state index contributed by atoms with van der Waals surface area (Å²) in [6.45, 7) is 7.97. The van der Waals surface area contributed by atoms with Gasteiger partial charge in [0.15, 0.2) is 0 Å². The quantitative estimate of drug-likeness (QED) is 0.549. The molecule has 1 aliphatic rings. The van der Waals surface area contributed by atoms with Gasteiger partial charge in [0, 0.05) is 34.7 Å². The fraction of sp³-hybridized carbons (Fsp3) is 0.471. The summed E-state index contributed by atoms with van der Waals surface area (Å²) in [5.41, 5.74) is 0. The second-order valence-electron chi connectivity index (χ2n) is 5.02. The first-order valence-electron chi connectivity index (χ1n) is 7.72. The van der Waals surface area contributed by atoms with Crippen molar-refractivity contribution in [1.29, 1.82) is 0 Å². The Kier molecular flexibility index (Phi) is 7.68. The van der Waals surface area contributed by atoms with Gasteiger partial charge in [-0.1, -0.05) is 12.7 Å².